The summed E-state index contributed by atoms with van der Waals surface area (Å²) in [6.45, 7) is 1.99. The Hall–Kier alpha value is -1.51. The van der Waals surface area contributed by atoms with E-state index in [9.17, 15) is 4.39 Å². The molecular weight excluding hydrogens is 167 g/mol. The van der Waals surface area contributed by atoms with Crippen molar-refractivity contribution in [2.45, 2.75) is 13.3 Å². The van der Waals surface area contributed by atoms with Crippen molar-refractivity contribution < 1.29 is 4.39 Å². The zero-order valence-corrected chi connectivity index (χ0v) is 7.29. The number of fused-ring (bicyclic) bond motifs is 1. The first kappa shape index (κ1) is 8.10. The van der Waals surface area contributed by atoms with Crippen LogP contribution < -0.4 is 0 Å². The van der Waals surface area contributed by atoms with E-state index in [0.29, 0.717) is 0 Å². The van der Waals surface area contributed by atoms with E-state index in [1.165, 1.54) is 18.5 Å². The van der Waals surface area contributed by atoms with Crippen LogP contribution in [0.25, 0.3) is 10.9 Å². The van der Waals surface area contributed by atoms with Gasteiger partial charge in [-0.2, -0.15) is 0 Å². The van der Waals surface area contributed by atoms with Gasteiger partial charge in [0.2, 0.25) is 0 Å². The molecule has 0 aliphatic rings. The largest absolute Gasteiger partial charge is 0.241 e. The number of aryl methyl sites for hydroxylation is 1. The number of halogens is 1. The quantitative estimate of drug-likeness (QED) is 0.666. The first-order valence-corrected chi connectivity index (χ1v) is 4.20. The first-order valence-electron chi connectivity index (χ1n) is 4.20. The first-order chi connectivity index (χ1) is 6.31. The van der Waals surface area contributed by atoms with Crippen LogP contribution in [-0.2, 0) is 6.42 Å². The number of nitrogens with zero attached hydrogens (tertiary/aromatic N) is 2. The van der Waals surface area contributed by atoms with E-state index in [1.54, 1.807) is 6.07 Å². The average Bonchev–Trinajstić information content (AvgIpc) is 2.17. The van der Waals surface area contributed by atoms with Crippen molar-refractivity contribution in [2.75, 3.05) is 0 Å². The van der Waals surface area contributed by atoms with Crippen molar-refractivity contribution in [1.29, 1.82) is 0 Å². The predicted molar refractivity (Wildman–Crippen MR) is 48.9 cm³/mol. The van der Waals surface area contributed by atoms with E-state index in [2.05, 4.69) is 9.97 Å². The van der Waals surface area contributed by atoms with E-state index in [4.69, 9.17) is 0 Å². The Kier molecular flexibility index (Phi) is 1.93. The fourth-order valence-corrected chi connectivity index (χ4v) is 1.36. The van der Waals surface area contributed by atoms with Crippen LogP contribution in [0.15, 0.2) is 24.5 Å². The molecule has 0 saturated heterocycles. The topological polar surface area (TPSA) is 25.8 Å². The molecule has 0 aliphatic heterocycles. The third-order valence-corrected chi connectivity index (χ3v) is 2.01. The van der Waals surface area contributed by atoms with E-state index in [0.717, 1.165) is 23.0 Å². The average molecular weight is 176 g/mol. The Morgan fingerprint density at radius 3 is 2.92 bits per heavy atom. The van der Waals surface area contributed by atoms with Crippen LogP contribution in [0.4, 0.5) is 4.39 Å². The van der Waals surface area contributed by atoms with Crippen LogP contribution in [0.2, 0.25) is 0 Å². The molecule has 2 rings (SSSR count). The molecule has 1 aromatic carbocycles. The maximum atomic E-state index is 12.9. The molecule has 2 nitrogen and oxygen atoms in total. The molecule has 0 spiro atoms. The van der Waals surface area contributed by atoms with Crippen molar-refractivity contribution in [2.24, 2.45) is 0 Å². The molecular formula is C10H9FN2. The Morgan fingerprint density at radius 1 is 1.31 bits per heavy atom. The SMILES string of the molecule is CCc1ncnc2ccc(F)cc12. The molecule has 0 unspecified atom stereocenters. The van der Waals surface area contributed by atoms with Gasteiger partial charge in [0, 0.05) is 5.39 Å². The predicted octanol–water partition coefficient (Wildman–Crippen LogP) is 2.33. The minimum Gasteiger partial charge on any atom is -0.241 e. The summed E-state index contributed by atoms with van der Waals surface area (Å²) in [7, 11) is 0. The normalized spacial score (nSPS) is 10.6. The van der Waals surface area contributed by atoms with Crippen LogP contribution in [0.5, 0.6) is 0 Å². The lowest BCUT2D eigenvalue weighted by Gasteiger charge is -2.01. The Bertz CT molecular complexity index is 440. The number of aromatic nitrogens is 2. The monoisotopic (exact) mass is 176 g/mol. The zero-order valence-electron chi connectivity index (χ0n) is 7.29. The maximum absolute atomic E-state index is 12.9. The minimum atomic E-state index is -0.239. The van der Waals surface area contributed by atoms with Gasteiger partial charge in [-0.25, -0.2) is 14.4 Å². The molecule has 0 aliphatic carbocycles. The summed E-state index contributed by atoms with van der Waals surface area (Å²) < 4.78 is 12.9. The number of rotatable bonds is 1. The maximum Gasteiger partial charge on any atom is 0.124 e. The molecule has 0 radical (unpaired) electrons. The second kappa shape index (κ2) is 3.09. The summed E-state index contributed by atoms with van der Waals surface area (Å²) >= 11 is 0. The van der Waals surface area contributed by atoms with Crippen LogP contribution in [0, 0.1) is 5.82 Å². The van der Waals surface area contributed by atoms with Crippen molar-refractivity contribution >= 4 is 10.9 Å². The van der Waals surface area contributed by atoms with Gasteiger partial charge in [-0.3, -0.25) is 0 Å². The van der Waals surface area contributed by atoms with E-state index < -0.39 is 0 Å². The van der Waals surface area contributed by atoms with Gasteiger partial charge in [0.1, 0.15) is 12.1 Å². The highest BCUT2D eigenvalue weighted by atomic mass is 19.1. The van der Waals surface area contributed by atoms with Gasteiger partial charge in [0.05, 0.1) is 11.2 Å². The second-order valence-electron chi connectivity index (χ2n) is 2.84. The lowest BCUT2D eigenvalue weighted by Crippen LogP contribution is -1.91. The van der Waals surface area contributed by atoms with E-state index in [1.807, 2.05) is 6.92 Å². The molecule has 0 N–H and O–H groups in total. The summed E-state index contributed by atoms with van der Waals surface area (Å²) in [5, 5.41) is 0.810. The number of hydrogen-bond acceptors (Lipinski definition) is 2. The Labute approximate surface area is 75.4 Å². The Morgan fingerprint density at radius 2 is 2.15 bits per heavy atom. The highest BCUT2D eigenvalue weighted by Crippen LogP contribution is 2.15. The molecule has 66 valence electrons. The lowest BCUT2D eigenvalue weighted by molar-refractivity contribution is 0.629. The third kappa shape index (κ3) is 1.37. The smallest absolute Gasteiger partial charge is 0.124 e. The Balaban J connectivity index is 2.79. The lowest BCUT2D eigenvalue weighted by atomic mass is 10.1. The van der Waals surface area contributed by atoms with Gasteiger partial charge in [-0.15, -0.1) is 0 Å². The van der Waals surface area contributed by atoms with Gasteiger partial charge in [-0.1, -0.05) is 6.92 Å². The van der Waals surface area contributed by atoms with E-state index in [-0.39, 0.29) is 5.82 Å². The number of hydrogen-bond donors (Lipinski definition) is 0. The zero-order chi connectivity index (χ0) is 9.26. The molecule has 0 atom stereocenters. The highest BCUT2D eigenvalue weighted by Gasteiger charge is 2.01. The van der Waals surface area contributed by atoms with Crippen molar-refractivity contribution in [3.05, 3.63) is 36.0 Å². The molecule has 2 aromatic rings. The summed E-state index contributed by atoms with van der Waals surface area (Å²) in [6.07, 6.45) is 2.31. The fraction of sp³-hybridized carbons (Fsp3) is 0.200. The summed E-state index contributed by atoms with van der Waals surface area (Å²) in [5.74, 6) is -0.239. The summed E-state index contributed by atoms with van der Waals surface area (Å²) in [5.41, 5.74) is 1.69. The van der Waals surface area contributed by atoms with Gasteiger partial charge < -0.3 is 0 Å². The number of benzene rings is 1. The molecule has 13 heavy (non-hydrogen) atoms. The molecule has 0 amide bonds. The molecule has 0 bridgehead atoms. The van der Waals surface area contributed by atoms with Gasteiger partial charge >= 0.3 is 0 Å². The van der Waals surface area contributed by atoms with Crippen molar-refractivity contribution in [3.8, 4) is 0 Å². The standard InChI is InChI=1S/C10H9FN2/c1-2-9-8-5-7(11)3-4-10(8)13-6-12-9/h3-6H,2H2,1H3. The summed E-state index contributed by atoms with van der Waals surface area (Å²) in [4.78, 5) is 8.14. The van der Waals surface area contributed by atoms with Crippen LogP contribution in [0.1, 0.15) is 12.6 Å². The van der Waals surface area contributed by atoms with Gasteiger partial charge in [-0.05, 0) is 24.6 Å². The minimum absolute atomic E-state index is 0.239. The van der Waals surface area contributed by atoms with Crippen LogP contribution in [0.3, 0.4) is 0 Å². The molecule has 0 saturated carbocycles. The molecule has 1 aromatic heterocycles. The van der Waals surface area contributed by atoms with Gasteiger partial charge in [0.15, 0.2) is 0 Å². The molecule has 3 heteroatoms. The summed E-state index contributed by atoms with van der Waals surface area (Å²) in [6, 6.07) is 4.56. The van der Waals surface area contributed by atoms with Crippen molar-refractivity contribution in [1.82, 2.24) is 9.97 Å². The van der Waals surface area contributed by atoms with E-state index >= 15 is 0 Å². The third-order valence-electron chi connectivity index (χ3n) is 2.01. The molecule has 0 fully saturated rings. The highest BCUT2D eigenvalue weighted by molar-refractivity contribution is 5.80. The molecule has 1 heterocycles. The fourth-order valence-electron chi connectivity index (χ4n) is 1.36. The van der Waals surface area contributed by atoms with Crippen LogP contribution in [-0.4, -0.2) is 9.97 Å². The second-order valence-corrected chi connectivity index (χ2v) is 2.84. The van der Waals surface area contributed by atoms with Gasteiger partial charge in [0.25, 0.3) is 0 Å². The van der Waals surface area contributed by atoms with Crippen LogP contribution >= 0.6 is 0 Å². The van der Waals surface area contributed by atoms with Crippen molar-refractivity contribution in [3.63, 3.8) is 0 Å².